The molecule has 0 bridgehead atoms. The highest BCUT2D eigenvalue weighted by Crippen LogP contribution is 2.21. The molecule has 1 heterocycles. The third-order valence-electron chi connectivity index (χ3n) is 4.89. The molecule has 0 saturated carbocycles. The molecule has 4 rings (SSSR count). The summed E-state index contributed by atoms with van der Waals surface area (Å²) >= 11 is 0. The van der Waals surface area contributed by atoms with E-state index in [1.807, 2.05) is 53.4 Å². The SMILES string of the molecule is O=C(c1ccc(NCc2ccccc2)cc1)N1CCc2ccccc2C1. The minimum Gasteiger partial charge on any atom is -0.381 e. The number of anilines is 1. The van der Waals surface area contributed by atoms with Crippen LogP contribution in [-0.4, -0.2) is 17.4 Å². The molecule has 1 amide bonds. The Labute approximate surface area is 154 Å². The number of fused-ring (bicyclic) bond motifs is 1. The number of hydrogen-bond donors (Lipinski definition) is 1. The predicted molar refractivity (Wildman–Crippen MR) is 105 cm³/mol. The molecule has 1 aliphatic rings. The first-order chi connectivity index (χ1) is 12.8. The molecule has 3 nitrogen and oxygen atoms in total. The number of rotatable bonds is 4. The van der Waals surface area contributed by atoms with E-state index >= 15 is 0 Å². The monoisotopic (exact) mass is 342 g/mol. The fraction of sp³-hybridized carbons (Fsp3) is 0.174. The zero-order valence-electron chi connectivity index (χ0n) is 14.7. The van der Waals surface area contributed by atoms with Crippen molar-refractivity contribution in [2.75, 3.05) is 11.9 Å². The quantitative estimate of drug-likeness (QED) is 0.757. The summed E-state index contributed by atoms with van der Waals surface area (Å²) in [6.07, 6.45) is 0.929. The molecule has 3 aromatic rings. The fourth-order valence-electron chi connectivity index (χ4n) is 3.38. The Kier molecular flexibility index (Phi) is 4.69. The number of benzene rings is 3. The summed E-state index contributed by atoms with van der Waals surface area (Å²) in [6.45, 7) is 2.25. The number of hydrogen-bond acceptors (Lipinski definition) is 2. The second-order valence-electron chi connectivity index (χ2n) is 6.66. The first kappa shape index (κ1) is 16.4. The molecule has 0 spiro atoms. The van der Waals surface area contributed by atoms with Gasteiger partial charge >= 0.3 is 0 Å². The van der Waals surface area contributed by atoms with Crippen molar-refractivity contribution in [3.05, 3.63) is 101 Å². The van der Waals surface area contributed by atoms with Gasteiger partial charge < -0.3 is 10.2 Å². The molecule has 3 heteroatoms. The molecular formula is C23H22N2O. The number of nitrogens with one attached hydrogen (secondary N) is 1. The van der Waals surface area contributed by atoms with Crippen LogP contribution >= 0.6 is 0 Å². The summed E-state index contributed by atoms with van der Waals surface area (Å²) in [5, 5.41) is 3.39. The molecule has 0 atom stereocenters. The van der Waals surface area contributed by atoms with Gasteiger partial charge in [0, 0.05) is 30.9 Å². The van der Waals surface area contributed by atoms with Crippen LogP contribution in [0.2, 0.25) is 0 Å². The lowest BCUT2D eigenvalue weighted by atomic mass is 9.99. The predicted octanol–water partition coefficient (Wildman–Crippen LogP) is 4.50. The third kappa shape index (κ3) is 3.62. The van der Waals surface area contributed by atoms with Gasteiger partial charge in [-0.05, 0) is 47.4 Å². The first-order valence-electron chi connectivity index (χ1n) is 9.03. The van der Waals surface area contributed by atoms with Crippen molar-refractivity contribution >= 4 is 11.6 Å². The Morgan fingerprint density at radius 3 is 2.31 bits per heavy atom. The number of carbonyl (C=O) groups is 1. The Morgan fingerprint density at radius 2 is 1.54 bits per heavy atom. The minimum absolute atomic E-state index is 0.106. The van der Waals surface area contributed by atoms with Gasteiger partial charge in [-0.15, -0.1) is 0 Å². The molecule has 0 fully saturated rings. The Hall–Kier alpha value is -3.07. The molecule has 0 unspecified atom stereocenters. The summed E-state index contributed by atoms with van der Waals surface area (Å²) in [6, 6.07) is 26.5. The summed E-state index contributed by atoms with van der Waals surface area (Å²) < 4.78 is 0. The van der Waals surface area contributed by atoms with Crippen molar-refractivity contribution in [1.82, 2.24) is 4.90 Å². The van der Waals surface area contributed by atoms with E-state index in [0.29, 0.717) is 6.54 Å². The van der Waals surface area contributed by atoms with E-state index in [4.69, 9.17) is 0 Å². The summed E-state index contributed by atoms with van der Waals surface area (Å²) in [5.74, 6) is 0.106. The van der Waals surface area contributed by atoms with Crippen LogP contribution in [0.1, 0.15) is 27.0 Å². The first-order valence-corrected chi connectivity index (χ1v) is 9.03. The molecule has 1 aliphatic heterocycles. The van der Waals surface area contributed by atoms with Gasteiger partial charge in [0.15, 0.2) is 0 Å². The van der Waals surface area contributed by atoms with Crippen LogP contribution in [-0.2, 0) is 19.5 Å². The number of carbonyl (C=O) groups excluding carboxylic acids is 1. The van der Waals surface area contributed by atoms with Gasteiger partial charge in [-0.3, -0.25) is 4.79 Å². The van der Waals surface area contributed by atoms with Crippen LogP contribution in [0.25, 0.3) is 0 Å². The summed E-state index contributed by atoms with van der Waals surface area (Å²) in [5.41, 5.74) is 5.62. The van der Waals surface area contributed by atoms with Crippen molar-refractivity contribution in [2.24, 2.45) is 0 Å². The standard InChI is InChI=1S/C23H22N2O/c26-23(25-15-14-19-8-4-5-9-21(19)17-25)20-10-12-22(13-11-20)24-16-18-6-2-1-3-7-18/h1-13,24H,14-17H2. The number of amides is 1. The maximum absolute atomic E-state index is 12.8. The van der Waals surface area contributed by atoms with Crippen LogP contribution in [0, 0.1) is 0 Å². The Bertz CT molecular complexity index is 888. The van der Waals surface area contributed by atoms with Crippen molar-refractivity contribution < 1.29 is 4.79 Å². The van der Waals surface area contributed by atoms with Crippen molar-refractivity contribution in [2.45, 2.75) is 19.5 Å². The molecule has 1 N–H and O–H groups in total. The third-order valence-corrected chi connectivity index (χ3v) is 4.89. The van der Waals surface area contributed by atoms with Crippen molar-refractivity contribution in [1.29, 1.82) is 0 Å². The minimum atomic E-state index is 0.106. The normalized spacial score (nSPS) is 13.2. The van der Waals surface area contributed by atoms with Crippen LogP contribution in [0.15, 0.2) is 78.9 Å². The molecule has 0 saturated heterocycles. The zero-order chi connectivity index (χ0) is 17.8. The van der Waals surface area contributed by atoms with Gasteiger partial charge in [-0.25, -0.2) is 0 Å². The molecule has 0 aliphatic carbocycles. The maximum atomic E-state index is 12.8. The van der Waals surface area contributed by atoms with E-state index in [-0.39, 0.29) is 5.91 Å². The fourth-order valence-corrected chi connectivity index (χ4v) is 3.38. The van der Waals surface area contributed by atoms with Crippen LogP contribution < -0.4 is 5.32 Å². The molecule has 3 aromatic carbocycles. The van der Waals surface area contributed by atoms with E-state index in [1.165, 1.54) is 16.7 Å². The molecule has 26 heavy (non-hydrogen) atoms. The smallest absolute Gasteiger partial charge is 0.254 e. The summed E-state index contributed by atoms with van der Waals surface area (Å²) in [7, 11) is 0. The van der Waals surface area contributed by atoms with Gasteiger partial charge in [0.1, 0.15) is 0 Å². The van der Waals surface area contributed by atoms with Gasteiger partial charge in [0.25, 0.3) is 5.91 Å². The van der Waals surface area contributed by atoms with Gasteiger partial charge in [0.05, 0.1) is 0 Å². The maximum Gasteiger partial charge on any atom is 0.254 e. The van der Waals surface area contributed by atoms with E-state index in [0.717, 1.165) is 30.8 Å². The Morgan fingerprint density at radius 1 is 0.846 bits per heavy atom. The molecule has 130 valence electrons. The van der Waals surface area contributed by atoms with Gasteiger partial charge in [-0.2, -0.15) is 0 Å². The molecule has 0 radical (unpaired) electrons. The summed E-state index contributed by atoms with van der Waals surface area (Å²) in [4.78, 5) is 14.7. The second-order valence-corrected chi connectivity index (χ2v) is 6.66. The highest BCUT2D eigenvalue weighted by molar-refractivity contribution is 5.94. The van der Waals surface area contributed by atoms with Gasteiger partial charge in [0.2, 0.25) is 0 Å². The average Bonchev–Trinajstić information content (AvgIpc) is 2.72. The zero-order valence-corrected chi connectivity index (χ0v) is 14.7. The molecule has 0 aromatic heterocycles. The topological polar surface area (TPSA) is 32.3 Å². The Balaban J connectivity index is 1.40. The second kappa shape index (κ2) is 7.44. The molecular weight excluding hydrogens is 320 g/mol. The van der Waals surface area contributed by atoms with E-state index in [2.05, 4.69) is 35.6 Å². The average molecular weight is 342 g/mol. The highest BCUT2D eigenvalue weighted by Gasteiger charge is 2.21. The van der Waals surface area contributed by atoms with E-state index in [9.17, 15) is 4.79 Å². The largest absolute Gasteiger partial charge is 0.381 e. The lowest BCUT2D eigenvalue weighted by Crippen LogP contribution is -2.35. The van der Waals surface area contributed by atoms with Crippen molar-refractivity contribution in [3.63, 3.8) is 0 Å². The lowest BCUT2D eigenvalue weighted by molar-refractivity contribution is 0.0735. The number of nitrogens with zero attached hydrogens (tertiary/aromatic N) is 1. The van der Waals surface area contributed by atoms with E-state index < -0.39 is 0 Å². The lowest BCUT2D eigenvalue weighted by Gasteiger charge is -2.29. The van der Waals surface area contributed by atoms with Gasteiger partial charge in [-0.1, -0.05) is 54.6 Å². The van der Waals surface area contributed by atoms with Crippen LogP contribution in [0.3, 0.4) is 0 Å². The van der Waals surface area contributed by atoms with Crippen LogP contribution in [0.4, 0.5) is 5.69 Å². The van der Waals surface area contributed by atoms with E-state index in [1.54, 1.807) is 0 Å². The highest BCUT2D eigenvalue weighted by atomic mass is 16.2. The van der Waals surface area contributed by atoms with Crippen molar-refractivity contribution in [3.8, 4) is 0 Å². The van der Waals surface area contributed by atoms with Crippen LogP contribution in [0.5, 0.6) is 0 Å².